The lowest BCUT2D eigenvalue weighted by Gasteiger charge is -2.37. The SMILES string of the molecule is COc1cc(O[C@@H]2C=CC(=O)O2)c(Br)c(O[Si](C)(C)C(C)(C)C)c1. The van der Waals surface area contributed by atoms with Crippen molar-refractivity contribution in [3.05, 3.63) is 28.8 Å². The lowest BCUT2D eigenvalue weighted by atomic mass is 10.2. The molecule has 7 heteroatoms. The molecule has 1 aliphatic heterocycles. The summed E-state index contributed by atoms with van der Waals surface area (Å²) in [7, 11) is -0.449. The second-order valence-corrected chi connectivity index (χ2v) is 12.6. The molecule has 1 aliphatic rings. The van der Waals surface area contributed by atoms with Gasteiger partial charge in [0.2, 0.25) is 0 Å². The van der Waals surface area contributed by atoms with Crippen LogP contribution in [-0.2, 0) is 9.53 Å². The van der Waals surface area contributed by atoms with E-state index >= 15 is 0 Å². The van der Waals surface area contributed by atoms with Crippen LogP contribution in [0, 0.1) is 0 Å². The Morgan fingerprint density at radius 3 is 2.33 bits per heavy atom. The zero-order chi connectivity index (χ0) is 18.1. The number of halogens is 1. The van der Waals surface area contributed by atoms with Gasteiger partial charge in [0.25, 0.3) is 14.6 Å². The number of hydrogen-bond donors (Lipinski definition) is 0. The van der Waals surface area contributed by atoms with Gasteiger partial charge in [0.05, 0.1) is 7.11 Å². The molecule has 1 aromatic rings. The molecule has 24 heavy (non-hydrogen) atoms. The second kappa shape index (κ2) is 6.80. The van der Waals surface area contributed by atoms with E-state index in [1.807, 2.05) is 6.07 Å². The van der Waals surface area contributed by atoms with Crippen molar-refractivity contribution in [2.24, 2.45) is 0 Å². The van der Waals surface area contributed by atoms with Crippen LogP contribution in [-0.4, -0.2) is 27.7 Å². The van der Waals surface area contributed by atoms with Gasteiger partial charge in [-0.2, -0.15) is 0 Å². The van der Waals surface area contributed by atoms with E-state index in [9.17, 15) is 4.79 Å². The Kier molecular flexibility index (Phi) is 5.34. The zero-order valence-electron chi connectivity index (χ0n) is 14.8. The Bertz CT molecular complexity index is 664. The fraction of sp³-hybridized carbons (Fsp3) is 0.471. The molecule has 1 heterocycles. The van der Waals surface area contributed by atoms with Gasteiger partial charge < -0.3 is 18.6 Å². The van der Waals surface area contributed by atoms with Crippen LogP contribution in [0.3, 0.4) is 0 Å². The van der Waals surface area contributed by atoms with Crippen LogP contribution in [0.1, 0.15) is 20.8 Å². The number of esters is 1. The molecule has 1 atom stereocenters. The van der Waals surface area contributed by atoms with Gasteiger partial charge in [0.1, 0.15) is 21.7 Å². The van der Waals surface area contributed by atoms with Crippen LogP contribution in [0.4, 0.5) is 0 Å². The highest BCUT2D eigenvalue weighted by atomic mass is 79.9. The smallest absolute Gasteiger partial charge is 0.334 e. The van der Waals surface area contributed by atoms with E-state index in [0.29, 0.717) is 21.7 Å². The third-order valence-electron chi connectivity index (χ3n) is 4.25. The average molecular weight is 415 g/mol. The minimum atomic E-state index is -2.03. The maximum absolute atomic E-state index is 11.2. The number of benzene rings is 1. The van der Waals surface area contributed by atoms with E-state index in [0.717, 1.165) is 0 Å². The van der Waals surface area contributed by atoms with Crippen LogP contribution in [0.2, 0.25) is 18.1 Å². The van der Waals surface area contributed by atoms with Gasteiger partial charge in [0, 0.05) is 24.3 Å². The van der Waals surface area contributed by atoms with Crippen molar-refractivity contribution in [3.63, 3.8) is 0 Å². The lowest BCUT2D eigenvalue weighted by molar-refractivity contribution is -0.147. The summed E-state index contributed by atoms with van der Waals surface area (Å²) in [6.45, 7) is 10.9. The fourth-order valence-corrected chi connectivity index (χ4v) is 3.36. The summed E-state index contributed by atoms with van der Waals surface area (Å²) < 4.78 is 23.1. The predicted octanol–water partition coefficient (Wildman–Crippen LogP) is 4.66. The summed E-state index contributed by atoms with van der Waals surface area (Å²) in [5.74, 6) is 1.34. The summed E-state index contributed by atoms with van der Waals surface area (Å²) in [5, 5.41) is 0.0558. The molecule has 0 spiro atoms. The Morgan fingerprint density at radius 1 is 1.21 bits per heavy atom. The van der Waals surface area contributed by atoms with Gasteiger partial charge in [-0.1, -0.05) is 20.8 Å². The molecule has 0 radical (unpaired) electrons. The number of methoxy groups -OCH3 is 1. The molecule has 5 nitrogen and oxygen atoms in total. The van der Waals surface area contributed by atoms with Gasteiger partial charge in [0.15, 0.2) is 0 Å². The van der Waals surface area contributed by atoms with E-state index in [2.05, 4.69) is 49.8 Å². The Morgan fingerprint density at radius 2 is 1.83 bits per heavy atom. The molecule has 132 valence electrons. The summed E-state index contributed by atoms with van der Waals surface area (Å²) in [6.07, 6.45) is 2.15. The molecule has 0 aliphatic carbocycles. The first-order valence-corrected chi connectivity index (χ1v) is 11.4. The topological polar surface area (TPSA) is 54.0 Å². The molecule has 0 amide bonds. The van der Waals surface area contributed by atoms with Crippen molar-refractivity contribution < 1.29 is 23.4 Å². The molecule has 0 N–H and O–H groups in total. The highest BCUT2D eigenvalue weighted by molar-refractivity contribution is 9.10. The molecule has 2 rings (SSSR count). The summed E-state index contributed by atoms with van der Waals surface area (Å²) >= 11 is 3.54. The maximum Gasteiger partial charge on any atom is 0.334 e. The van der Waals surface area contributed by atoms with Crippen LogP contribution in [0.5, 0.6) is 17.2 Å². The number of cyclic esters (lactones) is 1. The first-order valence-electron chi connectivity index (χ1n) is 7.65. The largest absolute Gasteiger partial charge is 0.543 e. The molecule has 1 aromatic carbocycles. The molecule has 0 unspecified atom stereocenters. The third-order valence-corrected chi connectivity index (χ3v) is 9.38. The van der Waals surface area contributed by atoms with E-state index in [-0.39, 0.29) is 5.04 Å². The Hall–Kier alpha value is -1.47. The normalized spacial score (nSPS) is 17.6. The van der Waals surface area contributed by atoms with Crippen molar-refractivity contribution >= 4 is 30.2 Å². The summed E-state index contributed by atoms with van der Waals surface area (Å²) in [5.41, 5.74) is 0. The van der Waals surface area contributed by atoms with Crippen LogP contribution in [0.25, 0.3) is 0 Å². The van der Waals surface area contributed by atoms with Crippen molar-refractivity contribution in [1.82, 2.24) is 0 Å². The standard InChI is InChI=1S/C17H23BrO5Si/c1-17(2,3)24(5,6)23-13-10-11(20-4)9-12(16(13)18)21-15-8-7-14(19)22-15/h7-10,15H,1-6H3/t15-/m0/s1. The van der Waals surface area contributed by atoms with Crippen molar-refractivity contribution in [1.29, 1.82) is 0 Å². The maximum atomic E-state index is 11.2. The molecular formula is C17H23BrO5Si. The van der Waals surface area contributed by atoms with Crippen LogP contribution >= 0.6 is 15.9 Å². The van der Waals surface area contributed by atoms with Crippen molar-refractivity contribution in [2.45, 2.75) is 45.2 Å². The molecule has 0 saturated heterocycles. The molecule has 0 aromatic heterocycles. The predicted molar refractivity (Wildman–Crippen MR) is 98.2 cm³/mol. The highest BCUT2D eigenvalue weighted by Gasteiger charge is 2.39. The van der Waals surface area contributed by atoms with E-state index in [4.69, 9.17) is 18.6 Å². The quantitative estimate of drug-likeness (QED) is 0.517. The van der Waals surface area contributed by atoms with E-state index in [1.165, 1.54) is 6.08 Å². The molecule has 0 bridgehead atoms. The lowest BCUT2D eigenvalue weighted by Crippen LogP contribution is -2.44. The molecule has 0 saturated carbocycles. The fourth-order valence-electron chi connectivity index (χ4n) is 1.79. The van der Waals surface area contributed by atoms with Gasteiger partial charge >= 0.3 is 5.97 Å². The number of ether oxygens (including phenoxy) is 3. The van der Waals surface area contributed by atoms with Crippen molar-refractivity contribution in [2.75, 3.05) is 7.11 Å². The van der Waals surface area contributed by atoms with Crippen molar-refractivity contribution in [3.8, 4) is 17.2 Å². The van der Waals surface area contributed by atoms with Gasteiger partial charge in [-0.15, -0.1) is 0 Å². The Balaban J connectivity index is 2.33. The van der Waals surface area contributed by atoms with Gasteiger partial charge in [-0.25, -0.2) is 4.79 Å². The van der Waals surface area contributed by atoms with Gasteiger partial charge in [-0.05, 0) is 34.1 Å². The average Bonchev–Trinajstić information content (AvgIpc) is 2.86. The second-order valence-electron chi connectivity index (χ2n) is 7.08. The summed E-state index contributed by atoms with van der Waals surface area (Å²) in [6, 6.07) is 3.55. The number of carbonyl (C=O) groups is 1. The third kappa shape index (κ3) is 4.13. The molecule has 0 fully saturated rings. The molecular weight excluding hydrogens is 392 g/mol. The first kappa shape index (κ1) is 18.9. The van der Waals surface area contributed by atoms with Gasteiger partial charge in [-0.3, -0.25) is 0 Å². The summed E-state index contributed by atoms with van der Waals surface area (Å²) in [4.78, 5) is 11.2. The monoisotopic (exact) mass is 414 g/mol. The van der Waals surface area contributed by atoms with E-state index < -0.39 is 20.6 Å². The number of hydrogen-bond acceptors (Lipinski definition) is 5. The minimum absolute atomic E-state index is 0.0558. The van der Waals surface area contributed by atoms with Crippen LogP contribution < -0.4 is 13.9 Å². The zero-order valence-corrected chi connectivity index (χ0v) is 17.4. The number of rotatable bonds is 5. The van der Waals surface area contributed by atoms with Crippen LogP contribution in [0.15, 0.2) is 28.8 Å². The highest BCUT2D eigenvalue weighted by Crippen LogP contribution is 2.44. The van der Waals surface area contributed by atoms with E-state index in [1.54, 1.807) is 19.3 Å². The Labute approximate surface area is 152 Å². The first-order chi connectivity index (χ1) is 11.0. The minimum Gasteiger partial charge on any atom is -0.543 e. The number of carbonyl (C=O) groups excluding carboxylic acids is 1.